The van der Waals surface area contributed by atoms with Crippen LogP contribution in [0.3, 0.4) is 0 Å². The number of carboxylic acid groups (broad SMARTS) is 1. The van der Waals surface area contributed by atoms with Crippen LogP contribution in [0.15, 0.2) is 18.2 Å². The van der Waals surface area contributed by atoms with Crippen molar-refractivity contribution < 1.29 is 19.4 Å². The van der Waals surface area contributed by atoms with E-state index in [-0.39, 0.29) is 12.5 Å². The van der Waals surface area contributed by atoms with Crippen molar-refractivity contribution in [3.8, 4) is 5.75 Å². The zero-order valence-electron chi connectivity index (χ0n) is 10.6. The highest BCUT2D eigenvalue weighted by Crippen LogP contribution is 2.34. The molecule has 0 radical (unpaired) electrons. The van der Waals surface area contributed by atoms with Crippen LogP contribution in [0.5, 0.6) is 5.75 Å². The van der Waals surface area contributed by atoms with Crippen molar-refractivity contribution in [1.82, 2.24) is 0 Å². The minimum Gasteiger partial charge on any atom is -0.482 e. The van der Waals surface area contributed by atoms with Gasteiger partial charge in [-0.05, 0) is 37.6 Å². The third-order valence-electron chi connectivity index (χ3n) is 3.08. The second-order valence-corrected chi connectivity index (χ2v) is 4.41. The van der Waals surface area contributed by atoms with E-state index in [1.165, 1.54) is 11.8 Å². The van der Waals surface area contributed by atoms with E-state index in [1.807, 2.05) is 6.07 Å². The van der Waals surface area contributed by atoms with E-state index in [2.05, 4.69) is 0 Å². The number of aliphatic carboxylic acids is 1. The Morgan fingerprint density at radius 2 is 2.32 bits per heavy atom. The second kappa shape index (κ2) is 5.27. The lowest BCUT2D eigenvalue weighted by molar-refractivity contribution is -0.140. The summed E-state index contributed by atoms with van der Waals surface area (Å²) in [6.07, 6.45) is 0.663. The molecule has 0 saturated heterocycles. The molecule has 102 valence electrons. The number of hydrogen-bond donors (Lipinski definition) is 2. The fraction of sp³-hybridized carbons (Fsp3) is 0.385. The molecule has 1 aromatic carbocycles. The molecule has 2 rings (SSSR count). The topological polar surface area (TPSA) is 92.9 Å². The van der Waals surface area contributed by atoms with Gasteiger partial charge in [0, 0.05) is 0 Å². The Labute approximate surface area is 110 Å². The lowest BCUT2D eigenvalue weighted by Crippen LogP contribution is -2.48. The van der Waals surface area contributed by atoms with Crippen LogP contribution < -0.4 is 15.4 Å². The maximum Gasteiger partial charge on any atom is 0.326 e. The zero-order valence-corrected chi connectivity index (χ0v) is 10.6. The van der Waals surface area contributed by atoms with Crippen LogP contribution in [0, 0.1) is 0 Å². The van der Waals surface area contributed by atoms with Crippen LogP contribution in [0.2, 0.25) is 0 Å². The van der Waals surface area contributed by atoms with Gasteiger partial charge in [0.1, 0.15) is 11.8 Å². The molecule has 6 nitrogen and oxygen atoms in total. The smallest absolute Gasteiger partial charge is 0.326 e. The van der Waals surface area contributed by atoms with E-state index in [1.54, 1.807) is 12.1 Å². The molecule has 0 aromatic heterocycles. The SMILES string of the molecule is CC(C(=O)O)N1C(=O)COc2ccc(CCN)cc21. The number of anilines is 1. The number of amides is 1. The van der Waals surface area contributed by atoms with Crippen molar-refractivity contribution in [1.29, 1.82) is 0 Å². The predicted molar refractivity (Wildman–Crippen MR) is 69.3 cm³/mol. The van der Waals surface area contributed by atoms with Gasteiger partial charge < -0.3 is 15.6 Å². The highest BCUT2D eigenvalue weighted by Gasteiger charge is 2.33. The molecule has 1 aliphatic rings. The summed E-state index contributed by atoms with van der Waals surface area (Å²) in [4.78, 5) is 24.3. The summed E-state index contributed by atoms with van der Waals surface area (Å²) >= 11 is 0. The van der Waals surface area contributed by atoms with Crippen molar-refractivity contribution in [3.63, 3.8) is 0 Å². The first-order chi connectivity index (χ1) is 9.04. The Bertz CT molecular complexity index is 515. The van der Waals surface area contributed by atoms with Gasteiger partial charge in [-0.3, -0.25) is 9.69 Å². The summed E-state index contributed by atoms with van der Waals surface area (Å²) in [5.41, 5.74) is 6.94. The minimum absolute atomic E-state index is 0.138. The van der Waals surface area contributed by atoms with Crippen molar-refractivity contribution in [2.45, 2.75) is 19.4 Å². The average Bonchev–Trinajstić information content (AvgIpc) is 2.38. The van der Waals surface area contributed by atoms with Crippen molar-refractivity contribution in [2.24, 2.45) is 5.73 Å². The lowest BCUT2D eigenvalue weighted by atomic mass is 10.1. The van der Waals surface area contributed by atoms with Crippen molar-refractivity contribution in [3.05, 3.63) is 23.8 Å². The average molecular weight is 264 g/mol. The second-order valence-electron chi connectivity index (χ2n) is 4.41. The van der Waals surface area contributed by atoms with Gasteiger partial charge in [0.25, 0.3) is 5.91 Å². The number of rotatable bonds is 4. The summed E-state index contributed by atoms with van der Waals surface area (Å²) in [5.74, 6) is -0.883. The number of carbonyl (C=O) groups excluding carboxylic acids is 1. The van der Waals surface area contributed by atoms with Crippen molar-refractivity contribution >= 4 is 17.6 Å². The molecule has 0 saturated carbocycles. The lowest BCUT2D eigenvalue weighted by Gasteiger charge is -2.32. The summed E-state index contributed by atoms with van der Waals surface area (Å²) in [7, 11) is 0. The van der Waals surface area contributed by atoms with Gasteiger partial charge in [0.2, 0.25) is 0 Å². The Hall–Kier alpha value is -2.08. The van der Waals surface area contributed by atoms with Gasteiger partial charge in [0.15, 0.2) is 6.61 Å². The summed E-state index contributed by atoms with van der Waals surface area (Å²) < 4.78 is 5.31. The molecule has 1 amide bonds. The largest absolute Gasteiger partial charge is 0.482 e. The van der Waals surface area contributed by atoms with Crippen LogP contribution >= 0.6 is 0 Å². The Morgan fingerprint density at radius 1 is 1.58 bits per heavy atom. The van der Waals surface area contributed by atoms with Crippen LogP contribution in [0.25, 0.3) is 0 Å². The Balaban J connectivity index is 2.43. The van der Waals surface area contributed by atoms with E-state index in [0.29, 0.717) is 24.4 Å². The number of carboxylic acids is 1. The molecule has 1 aliphatic heterocycles. The standard InChI is InChI=1S/C13H16N2O4/c1-8(13(17)18)15-10-6-9(4-5-14)2-3-11(10)19-7-12(15)16/h2-3,6,8H,4-5,7,14H2,1H3,(H,17,18). The molecule has 6 heteroatoms. The molecule has 1 unspecified atom stereocenters. The first-order valence-electron chi connectivity index (χ1n) is 6.05. The third kappa shape index (κ3) is 2.53. The van der Waals surface area contributed by atoms with Gasteiger partial charge >= 0.3 is 5.97 Å². The maximum absolute atomic E-state index is 11.9. The fourth-order valence-electron chi connectivity index (χ4n) is 2.07. The first kappa shape index (κ1) is 13.4. The van der Waals surface area contributed by atoms with Crippen LogP contribution in [-0.4, -0.2) is 36.2 Å². The highest BCUT2D eigenvalue weighted by molar-refractivity contribution is 6.02. The zero-order chi connectivity index (χ0) is 14.0. The van der Waals surface area contributed by atoms with Gasteiger partial charge in [0.05, 0.1) is 5.69 Å². The first-order valence-corrected chi connectivity index (χ1v) is 6.05. The fourth-order valence-corrected chi connectivity index (χ4v) is 2.07. The number of ether oxygens (including phenoxy) is 1. The highest BCUT2D eigenvalue weighted by atomic mass is 16.5. The molecule has 1 aromatic rings. The number of benzene rings is 1. The molecular formula is C13H16N2O4. The van der Waals surface area contributed by atoms with Crippen molar-refractivity contribution in [2.75, 3.05) is 18.1 Å². The molecule has 19 heavy (non-hydrogen) atoms. The number of hydrogen-bond acceptors (Lipinski definition) is 4. The van der Waals surface area contributed by atoms with Crippen LogP contribution in [0.4, 0.5) is 5.69 Å². The molecular weight excluding hydrogens is 248 g/mol. The molecule has 0 fully saturated rings. The number of nitrogens with two attached hydrogens (primary N) is 1. The Morgan fingerprint density at radius 3 is 2.95 bits per heavy atom. The molecule has 1 atom stereocenters. The predicted octanol–water partition coefficient (Wildman–Crippen LogP) is 0.386. The molecule has 1 heterocycles. The quantitative estimate of drug-likeness (QED) is 0.820. The van der Waals surface area contributed by atoms with E-state index in [4.69, 9.17) is 15.6 Å². The number of fused-ring (bicyclic) bond motifs is 1. The molecule has 0 aliphatic carbocycles. The normalized spacial score (nSPS) is 15.7. The van der Waals surface area contributed by atoms with Gasteiger partial charge in [-0.15, -0.1) is 0 Å². The van der Waals surface area contributed by atoms with E-state index in [0.717, 1.165) is 5.56 Å². The van der Waals surface area contributed by atoms with E-state index >= 15 is 0 Å². The van der Waals surface area contributed by atoms with Crippen LogP contribution in [-0.2, 0) is 16.0 Å². The van der Waals surface area contributed by atoms with Gasteiger partial charge in [-0.2, -0.15) is 0 Å². The number of carbonyl (C=O) groups is 2. The summed E-state index contributed by atoms with van der Waals surface area (Å²) in [5, 5.41) is 9.10. The summed E-state index contributed by atoms with van der Waals surface area (Å²) in [6.45, 7) is 1.83. The molecule has 0 bridgehead atoms. The Kier molecular flexibility index (Phi) is 3.71. The van der Waals surface area contributed by atoms with Gasteiger partial charge in [-0.1, -0.05) is 6.07 Å². The van der Waals surface area contributed by atoms with E-state index in [9.17, 15) is 9.59 Å². The minimum atomic E-state index is -1.05. The molecule has 3 N–H and O–H groups in total. The van der Waals surface area contributed by atoms with Gasteiger partial charge in [-0.25, -0.2) is 4.79 Å². The maximum atomic E-state index is 11.9. The third-order valence-corrected chi connectivity index (χ3v) is 3.08. The number of nitrogens with zero attached hydrogens (tertiary/aromatic N) is 1. The monoisotopic (exact) mass is 264 g/mol. The summed E-state index contributed by atoms with van der Waals surface area (Å²) in [6, 6.07) is 4.45. The molecule has 0 spiro atoms. The van der Waals surface area contributed by atoms with Crippen LogP contribution in [0.1, 0.15) is 12.5 Å². The van der Waals surface area contributed by atoms with E-state index < -0.39 is 12.0 Å².